The van der Waals surface area contributed by atoms with E-state index in [0.717, 1.165) is 11.1 Å². The second kappa shape index (κ2) is 6.22. The van der Waals surface area contributed by atoms with Crippen LogP contribution in [0.1, 0.15) is 35.5 Å². The van der Waals surface area contributed by atoms with Gasteiger partial charge in [0.1, 0.15) is 10.6 Å². The third-order valence-electron chi connectivity index (χ3n) is 4.72. The summed E-state index contributed by atoms with van der Waals surface area (Å²) >= 11 is 0. The molecule has 1 aromatic carbocycles. The van der Waals surface area contributed by atoms with Gasteiger partial charge in [-0.1, -0.05) is 12.1 Å². The van der Waals surface area contributed by atoms with Crippen molar-refractivity contribution in [1.82, 2.24) is 9.47 Å². The first kappa shape index (κ1) is 17.5. The summed E-state index contributed by atoms with van der Waals surface area (Å²) in [7, 11) is -3.75. The summed E-state index contributed by atoms with van der Waals surface area (Å²) in [5.74, 6) is -0.130. The molecule has 0 atom stereocenters. The van der Waals surface area contributed by atoms with Crippen LogP contribution in [0, 0.1) is 13.8 Å². The van der Waals surface area contributed by atoms with Crippen molar-refractivity contribution in [1.29, 1.82) is 0 Å². The lowest BCUT2D eigenvalue weighted by Crippen LogP contribution is -2.43. The quantitative estimate of drug-likeness (QED) is 0.910. The monoisotopic (exact) mass is 361 g/mol. The molecule has 1 aromatic heterocycles. The van der Waals surface area contributed by atoms with Crippen LogP contribution in [-0.2, 0) is 16.6 Å². The number of sulfonamides is 1. The Morgan fingerprint density at radius 3 is 2.56 bits per heavy atom. The van der Waals surface area contributed by atoms with Crippen molar-refractivity contribution in [3.8, 4) is 0 Å². The van der Waals surface area contributed by atoms with E-state index in [2.05, 4.69) is 4.72 Å². The van der Waals surface area contributed by atoms with Crippen molar-refractivity contribution in [2.45, 2.75) is 45.2 Å². The molecule has 0 saturated heterocycles. The maximum atomic E-state index is 12.8. The smallest absolute Gasteiger partial charge is 0.270 e. The minimum atomic E-state index is -3.75. The topological polar surface area (TPSA) is 71.4 Å². The molecule has 0 bridgehead atoms. The van der Waals surface area contributed by atoms with Gasteiger partial charge in [0.15, 0.2) is 0 Å². The van der Waals surface area contributed by atoms with Gasteiger partial charge < -0.3 is 9.47 Å². The third-order valence-corrected chi connectivity index (χ3v) is 6.05. The van der Waals surface area contributed by atoms with Gasteiger partial charge in [0.25, 0.3) is 15.9 Å². The van der Waals surface area contributed by atoms with Crippen LogP contribution in [0.4, 0.5) is 5.69 Å². The number of aromatic nitrogens is 1. The molecule has 25 heavy (non-hydrogen) atoms. The molecule has 2 aromatic rings. The van der Waals surface area contributed by atoms with E-state index in [1.54, 1.807) is 21.7 Å². The molecular formula is C18H23N3O3S. The van der Waals surface area contributed by atoms with Crippen LogP contribution in [0.5, 0.6) is 0 Å². The van der Waals surface area contributed by atoms with Gasteiger partial charge in [-0.2, -0.15) is 0 Å². The Kier molecular flexibility index (Phi) is 4.36. The van der Waals surface area contributed by atoms with Gasteiger partial charge in [0, 0.05) is 25.3 Å². The van der Waals surface area contributed by atoms with E-state index in [9.17, 15) is 13.2 Å². The Morgan fingerprint density at radius 2 is 1.88 bits per heavy atom. The normalized spacial score (nSPS) is 14.8. The predicted octanol–water partition coefficient (Wildman–Crippen LogP) is 2.77. The standard InChI is InChI=1S/C18H23N3O3S/c1-12(2)21-9-8-20-11-15(10-17(20)18(21)22)25(23,24)19-16-7-5-6-13(3)14(16)4/h5-7,10-12,19H,8-9H2,1-4H3. The Balaban J connectivity index is 1.94. The summed E-state index contributed by atoms with van der Waals surface area (Å²) in [5, 5.41) is 0. The molecule has 7 heteroatoms. The van der Waals surface area contributed by atoms with Crippen molar-refractivity contribution < 1.29 is 13.2 Å². The summed E-state index contributed by atoms with van der Waals surface area (Å²) in [6, 6.07) is 7.04. The van der Waals surface area contributed by atoms with Gasteiger partial charge in [-0.25, -0.2) is 8.42 Å². The zero-order valence-electron chi connectivity index (χ0n) is 14.9. The number of carbonyl (C=O) groups excluding carboxylic acids is 1. The number of nitrogens with one attached hydrogen (secondary N) is 1. The largest absolute Gasteiger partial charge is 0.340 e. The van der Waals surface area contributed by atoms with Gasteiger partial charge >= 0.3 is 0 Å². The molecule has 2 heterocycles. The first-order chi connectivity index (χ1) is 11.7. The molecule has 3 rings (SSSR count). The molecule has 0 unspecified atom stereocenters. The lowest BCUT2D eigenvalue weighted by molar-refractivity contribution is 0.0649. The zero-order chi connectivity index (χ0) is 18.4. The van der Waals surface area contributed by atoms with Crippen LogP contribution in [-0.4, -0.2) is 36.4 Å². The Bertz CT molecular complexity index is 929. The summed E-state index contributed by atoms with van der Waals surface area (Å²) in [6.45, 7) is 8.90. The highest BCUT2D eigenvalue weighted by molar-refractivity contribution is 7.92. The Morgan fingerprint density at radius 1 is 1.16 bits per heavy atom. The fourth-order valence-electron chi connectivity index (χ4n) is 3.02. The second-order valence-corrected chi connectivity index (χ2v) is 8.38. The van der Waals surface area contributed by atoms with Crippen LogP contribution in [0.25, 0.3) is 0 Å². The van der Waals surface area contributed by atoms with Crippen LogP contribution < -0.4 is 4.72 Å². The van der Waals surface area contributed by atoms with E-state index >= 15 is 0 Å². The van der Waals surface area contributed by atoms with Crippen LogP contribution in [0.3, 0.4) is 0 Å². The molecule has 0 fully saturated rings. The van der Waals surface area contributed by atoms with Crippen LogP contribution in [0.2, 0.25) is 0 Å². The first-order valence-electron chi connectivity index (χ1n) is 8.31. The molecule has 0 saturated carbocycles. The van der Waals surface area contributed by atoms with E-state index in [4.69, 9.17) is 0 Å². The highest BCUT2D eigenvalue weighted by Crippen LogP contribution is 2.25. The highest BCUT2D eigenvalue weighted by atomic mass is 32.2. The van der Waals surface area contributed by atoms with Gasteiger partial charge in [0.2, 0.25) is 0 Å². The van der Waals surface area contributed by atoms with Crippen LogP contribution >= 0.6 is 0 Å². The number of aryl methyl sites for hydroxylation is 1. The number of benzene rings is 1. The maximum absolute atomic E-state index is 12.8. The average Bonchev–Trinajstić information content (AvgIpc) is 2.98. The van der Waals surface area contributed by atoms with Crippen molar-refractivity contribution >= 4 is 21.6 Å². The van der Waals surface area contributed by atoms with Gasteiger partial charge in [-0.05, 0) is 51.0 Å². The minimum absolute atomic E-state index is 0.0873. The molecule has 0 radical (unpaired) electrons. The van der Waals surface area contributed by atoms with Crippen LogP contribution in [0.15, 0.2) is 35.4 Å². The average molecular weight is 361 g/mol. The SMILES string of the molecule is Cc1cccc(NS(=O)(=O)c2cc3n(c2)CCN(C(C)C)C3=O)c1C. The lowest BCUT2D eigenvalue weighted by atomic mass is 10.1. The predicted molar refractivity (Wildman–Crippen MR) is 97.3 cm³/mol. The number of hydrogen-bond acceptors (Lipinski definition) is 3. The summed E-state index contributed by atoms with van der Waals surface area (Å²) < 4.78 is 29.9. The van der Waals surface area contributed by atoms with Crippen molar-refractivity contribution in [3.63, 3.8) is 0 Å². The summed E-state index contributed by atoms with van der Waals surface area (Å²) in [5.41, 5.74) is 2.87. The van der Waals surface area contributed by atoms with E-state index in [0.29, 0.717) is 24.5 Å². The number of rotatable bonds is 4. The van der Waals surface area contributed by atoms with Gasteiger partial charge in [0.05, 0.1) is 5.69 Å². The Labute approximate surface area is 148 Å². The second-order valence-electron chi connectivity index (χ2n) is 6.70. The van der Waals surface area contributed by atoms with E-state index < -0.39 is 10.0 Å². The van der Waals surface area contributed by atoms with Gasteiger partial charge in [-0.15, -0.1) is 0 Å². The molecule has 1 aliphatic rings. The number of anilines is 1. The fourth-order valence-corrected chi connectivity index (χ4v) is 4.18. The Hall–Kier alpha value is -2.28. The summed E-state index contributed by atoms with van der Waals surface area (Å²) in [4.78, 5) is 14.4. The minimum Gasteiger partial charge on any atom is -0.340 e. The molecule has 1 amide bonds. The molecule has 0 aliphatic carbocycles. The number of amides is 1. The van der Waals surface area contributed by atoms with Gasteiger partial charge in [-0.3, -0.25) is 9.52 Å². The zero-order valence-corrected chi connectivity index (χ0v) is 15.7. The number of hydrogen-bond donors (Lipinski definition) is 1. The molecule has 134 valence electrons. The lowest BCUT2D eigenvalue weighted by Gasteiger charge is -2.31. The van der Waals surface area contributed by atoms with E-state index in [-0.39, 0.29) is 16.8 Å². The highest BCUT2D eigenvalue weighted by Gasteiger charge is 2.29. The maximum Gasteiger partial charge on any atom is 0.270 e. The molecule has 1 N–H and O–H groups in total. The first-order valence-corrected chi connectivity index (χ1v) is 9.79. The molecule has 1 aliphatic heterocycles. The summed E-state index contributed by atoms with van der Waals surface area (Å²) in [6.07, 6.45) is 1.54. The number of carbonyl (C=O) groups is 1. The molecule has 0 spiro atoms. The van der Waals surface area contributed by atoms with E-state index in [1.807, 2.05) is 39.8 Å². The van der Waals surface area contributed by atoms with Crippen molar-refractivity contribution in [2.24, 2.45) is 0 Å². The molecular weight excluding hydrogens is 338 g/mol. The number of fused-ring (bicyclic) bond motifs is 1. The third kappa shape index (κ3) is 3.16. The fraction of sp³-hybridized carbons (Fsp3) is 0.389. The number of nitrogens with zero attached hydrogens (tertiary/aromatic N) is 2. The van der Waals surface area contributed by atoms with Crippen molar-refractivity contribution in [3.05, 3.63) is 47.3 Å². The van der Waals surface area contributed by atoms with Crippen molar-refractivity contribution in [2.75, 3.05) is 11.3 Å². The molecule has 6 nitrogen and oxygen atoms in total. The van der Waals surface area contributed by atoms with E-state index in [1.165, 1.54) is 6.07 Å².